The van der Waals surface area contributed by atoms with Crippen LogP contribution in [0, 0.1) is 6.92 Å². The van der Waals surface area contributed by atoms with Gasteiger partial charge in [-0.3, -0.25) is 4.79 Å². The molecule has 0 radical (unpaired) electrons. The molecule has 0 aliphatic carbocycles. The Kier molecular flexibility index (Phi) is 6.83. The molecule has 0 bridgehead atoms. The molecule has 0 saturated carbocycles. The van der Waals surface area contributed by atoms with E-state index in [1.807, 2.05) is 0 Å². The lowest BCUT2D eigenvalue weighted by Gasteiger charge is -2.15. The standard InChI is InChI=1S/C16H16F3N3O4S/c1-9-6-11(22-26-9)7-27-14-12(4-3-5-20-14)15(24)25-10(2)13(23)21-8-16(17,18)19/h3-6,10H,7-8H2,1-2H3,(H,21,23). The zero-order valence-electron chi connectivity index (χ0n) is 14.4. The van der Waals surface area contributed by atoms with E-state index >= 15 is 0 Å². The number of aryl methyl sites for hydroxylation is 1. The number of nitrogens with zero attached hydrogens (tertiary/aromatic N) is 2. The number of aromatic nitrogens is 2. The summed E-state index contributed by atoms with van der Waals surface area (Å²) in [6, 6.07) is 4.70. The zero-order chi connectivity index (χ0) is 20.0. The van der Waals surface area contributed by atoms with Crippen LogP contribution in [0.2, 0.25) is 0 Å². The average Bonchev–Trinajstić information content (AvgIpc) is 3.02. The maximum absolute atomic E-state index is 12.3. The zero-order valence-corrected chi connectivity index (χ0v) is 15.2. The topological polar surface area (TPSA) is 94.3 Å². The average molecular weight is 403 g/mol. The molecule has 0 spiro atoms. The maximum atomic E-state index is 12.3. The van der Waals surface area contributed by atoms with Gasteiger partial charge in [-0.15, -0.1) is 0 Å². The summed E-state index contributed by atoms with van der Waals surface area (Å²) < 4.78 is 46.3. The number of esters is 1. The number of nitrogens with one attached hydrogen (secondary N) is 1. The molecule has 27 heavy (non-hydrogen) atoms. The van der Waals surface area contributed by atoms with Crippen molar-refractivity contribution in [2.45, 2.75) is 36.9 Å². The Morgan fingerprint density at radius 1 is 1.41 bits per heavy atom. The van der Waals surface area contributed by atoms with Gasteiger partial charge >= 0.3 is 12.1 Å². The predicted octanol–water partition coefficient (Wildman–Crippen LogP) is 2.89. The lowest BCUT2D eigenvalue weighted by Crippen LogP contribution is -2.40. The number of hydrogen-bond donors (Lipinski definition) is 1. The maximum Gasteiger partial charge on any atom is 0.405 e. The SMILES string of the molecule is Cc1cc(CSc2ncccc2C(=O)OC(C)C(=O)NCC(F)(F)F)no1. The van der Waals surface area contributed by atoms with Gasteiger partial charge in [0.2, 0.25) is 0 Å². The van der Waals surface area contributed by atoms with Gasteiger partial charge in [0.05, 0.1) is 11.3 Å². The monoisotopic (exact) mass is 403 g/mol. The number of amides is 1. The van der Waals surface area contributed by atoms with Crippen LogP contribution in [0.1, 0.15) is 28.7 Å². The highest BCUT2D eigenvalue weighted by Gasteiger charge is 2.30. The number of halogens is 3. The van der Waals surface area contributed by atoms with Crippen molar-refractivity contribution in [2.24, 2.45) is 0 Å². The molecule has 0 aliphatic rings. The van der Waals surface area contributed by atoms with Gasteiger partial charge in [0.1, 0.15) is 17.3 Å². The Morgan fingerprint density at radius 2 is 2.15 bits per heavy atom. The minimum absolute atomic E-state index is 0.0955. The fourth-order valence-corrected chi connectivity index (χ4v) is 2.76. The third kappa shape index (κ3) is 6.59. The number of rotatable bonds is 7. The summed E-state index contributed by atoms with van der Waals surface area (Å²) in [5.41, 5.74) is 0.751. The third-order valence-corrected chi connectivity index (χ3v) is 4.18. The molecule has 1 amide bonds. The first-order valence-corrected chi connectivity index (χ1v) is 8.69. The number of hydrogen-bond acceptors (Lipinski definition) is 7. The summed E-state index contributed by atoms with van der Waals surface area (Å²) in [5.74, 6) is -0.880. The first-order valence-electron chi connectivity index (χ1n) is 7.71. The van der Waals surface area contributed by atoms with E-state index in [2.05, 4.69) is 10.1 Å². The van der Waals surface area contributed by atoms with Gasteiger partial charge in [-0.2, -0.15) is 13.2 Å². The van der Waals surface area contributed by atoms with Crippen molar-refractivity contribution in [1.82, 2.24) is 15.5 Å². The fraction of sp³-hybridized carbons (Fsp3) is 0.375. The van der Waals surface area contributed by atoms with E-state index in [-0.39, 0.29) is 5.56 Å². The van der Waals surface area contributed by atoms with Crippen LogP contribution >= 0.6 is 11.8 Å². The number of carbonyl (C=O) groups excluding carboxylic acids is 2. The summed E-state index contributed by atoms with van der Waals surface area (Å²) in [5, 5.41) is 5.83. The van der Waals surface area contributed by atoms with E-state index in [1.165, 1.54) is 37.0 Å². The molecular weight excluding hydrogens is 387 g/mol. The Bertz CT molecular complexity index is 810. The number of carbonyl (C=O) groups is 2. The summed E-state index contributed by atoms with van der Waals surface area (Å²) in [4.78, 5) is 28.0. The van der Waals surface area contributed by atoms with Crippen molar-refractivity contribution in [1.29, 1.82) is 0 Å². The number of alkyl halides is 3. The lowest BCUT2D eigenvalue weighted by atomic mass is 10.3. The van der Waals surface area contributed by atoms with Crippen LogP contribution in [-0.4, -0.2) is 40.8 Å². The first-order chi connectivity index (χ1) is 12.7. The van der Waals surface area contributed by atoms with Gasteiger partial charge in [0, 0.05) is 18.0 Å². The molecule has 2 heterocycles. The van der Waals surface area contributed by atoms with Gasteiger partial charge in [-0.05, 0) is 26.0 Å². The third-order valence-electron chi connectivity index (χ3n) is 3.14. The quantitative estimate of drug-likeness (QED) is 0.561. The van der Waals surface area contributed by atoms with E-state index in [1.54, 1.807) is 18.3 Å². The van der Waals surface area contributed by atoms with Crippen molar-refractivity contribution < 1.29 is 32.0 Å². The van der Waals surface area contributed by atoms with E-state index in [0.29, 0.717) is 22.2 Å². The van der Waals surface area contributed by atoms with E-state index in [4.69, 9.17) is 9.26 Å². The van der Waals surface area contributed by atoms with Crippen molar-refractivity contribution in [2.75, 3.05) is 6.54 Å². The van der Waals surface area contributed by atoms with Crippen LogP contribution in [0.25, 0.3) is 0 Å². The Labute approximate surface area is 156 Å². The van der Waals surface area contributed by atoms with E-state index in [0.717, 1.165) is 0 Å². The van der Waals surface area contributed by atoms with Crippen LogP contribution in [0.4, 0.5) is 13.2 Å². The molecule has 0 saturated heterocycles. The van der Waals surface area contributed by atoms with Crippen LogP contribution in [0.5, 0.6) is 0 Å². The highest BCUT2D eigenvalue weighted by Crippen LogP contribution is 2.25. The predicted molar refractivity (Wildman–Crippen MR) is 89.0 cm³/mol. The molecule has 2 aromatic heterocycles. The Balaban J connectivity index is 1.98. The highest BCUT2D eigenvalue weighted by molar-refractivity contribution is 7.98. The molecule has 11 heteroatoms. The summed E-state index contributed by atoms with van der Waals surface area (Å²) >= 11 is 1.21. The second-order valence-electron chi connectivity index (χ2n) is 5.45. The summed E-state index contributed by atoms with van der Waals surface area (Å²) in [6.45, 7) is 1.43. The van der Waals surface area contributed by atoms with E-state index < -0.39 is 30.7 Å². The molecule has 1 unspecified atom stereocenters. The van der Waals surface area contributed by atoms with Gasteiger partial charge in [-0.1, -0.05) is 16.9 Å². The number of pyridine rings is 1. The van der Waals surface area contributed by atoms with Crippen molar-refractivity contribution >= 4 is 23.6 Å². The summed E-state index contributed by atoms with van der Waals surface area (Å²) in [6.07, 6.45) is -4.46. The first kappa shape index (κ1) is 20.7. The molecule has 7 nitrogen and oxygen atoms in total. The van der Waals surface area contributed by atoms with Crippen molar-refractivity contribution in [3.05, 3.63) is 41.4 Å². The normalized spacial score (nSPS) is 12.5. The van der Waals surface area contributed by atoms with Gasteiger partial charge in [0.25, 0.3) is 5.91 Å². The van der Waals surface area contributed by atoms with Gasteiger partial charge < -0.3 is 14.6 Å². The molecule has 0 aliphatic heterocycles. The number of ether oxygens (including phenoxy) is 1. The lowest BCUT2D eigenvalue weighted by molar-refractivity contribution is -0.143. The summed E-state index contributed by atoms with van der Waals surface area (Å²) in [7, 11) is 0. The minimum Gasteiger partial charge on any atom is -0.449 e. The molecule has 146 valence electrons. The largest absolute Gasteiger partial charge is 0.449 e. The van der Waals surface area contributed by atoms with Crippen molar-refractivity contribution in [3.8, 4) is 0 Å². The minimum atomic E-state index is -4.55. The number of thioether (sulfide) groups is 1. The Hall–Kier alpha value is -2.56. The fourth-order valence-electron chi connectivity index (χ4n) is 1.90. The van der Waals surface area contributed by atoms with Gasteiger partial charge in [-0.25, -0.2) is 9.78 Å². The molecule has 1 atom stereocenters. The molecular formula is C16H16F3N3O4S. The second kappa shape index (κ2) is 8.89. The molecule has 1 N–H and O–H groups in total. The highest BCUT2D eigenvalue weighted by atomic mass is 32.2. The van der Waals surface area contributed by atoms with Crippen LogP contribution in [-0.2, 0) is 15.3 Å². The molecule has 0 fully saturated rings. The molecule has 2 rings (SSSR count). The molecule has 2 aromatic rings. The van der Waals surface area contributed by atoms with E-state index in [9.17, 15) is 22.8 Å². The van der Waals surface area contributed by atoms with Crippen LogP contribution < -0.4 is 5.32 Å². The smallest absolute Gasteiger partial charge is 0.405 e. The van der Waals surface area contributed by atoms with Crippen molar-refractivity contribution in [3.63, 3.8) is 0 Å². The van der Waals surface area contributed by atoms with Gasteiger partial charge in [0.15, 0.2) is 6.10 Å². The van der Waals surface area contributed by atoms with Crippen LogP contribution in [0.15, 0.2) is 33.9 Å². The Morgan fingerprint density at radius 3 is 2.78 bits per heavy atom. The second-order valence-corrected chi connectivity index (χ2v) is 6.42. The van der Waals surface area contributed by atoms with Crippen LogP contribution in [0.3, 0.4) is 0 Å². The molecule has 0 aromatic carbocycles.